The van der Waals surface area contributed by atoms with E-state index in [4.69, 9.17) is 4.74 Å². The predicted octanol–water partition coefficient (Wildman–Crippen LogP) is 3.19. The number of ether oxygens (including phenoxy) is 1. The van der Waals surface area contributed by atoms with E-state index in [9.17, 15) is 13.6 Å². The average Bonchev–Trinajstić information content (AvgIpc) is 3.51. The molecule has 0 spiro atoms. The van der Waals surface area contributed by atoms with Crippen LogP contribution in [0.2, 0.25) is 0 Å². The van der Waals surface area contributed by atoms with E-state index < -0.39 is 6.04 Å². The smallest absolute Gasteiger partial charge is 0.242 e. The summed E-state index contributed by atoms with van der Waals surface area (Å²) in [6.07, 6.45) is 1.89. The van der Waals surface area contributed by atoms with Crippen molar-refractivity contribution in [1.82, 2.24) is 10.2 Å². The Labute approximate surface area is 163 Å². The van der Waals surface area contributed by atoms with E-state index in [1.165, 1.54) is 18.2 Å². The number of carbonyl (C=O) groups is 1. The van der Waals surface area contributed by atoms with Gasteiger partial charge in [-0.25, -0.2) is 8.78 Å². The maximum atomic E-state index is 14.5. The van der Waals surface area contributed by atoms with Crippen LogP contribution in [-0.4, -0.2) is 43.7 Å². The Morgan fingerprint density at radius 1 is 1.07 bits per heavy atom. The number of morpholine rings is 1. The summed E-state index contributed by atoms with van der Waals surface area (Å²) < 4.78 is 33.1. The first-order chi connectivity index (χ1) is 13.6. The highest BCUT2D eigenvalue weighted by atomic mass is 19.1. The van der Waals surface area contributed by atoms with Gasteiger partial charge in [0, 0.05) is 30.6 Å². The Morgan fingerprint density at radius 3 is 2.39 bits per heavy atom. The highest BCUT2D eigenvalue weighted by Crippen LogP contribution is 2.47. The summed E-state index contributed by atoms with van der Waals surface area (Å²) in [6, 6.07) is 12.2. The molecule has 1 heterocycles. The Balaban J connectivity index is 1.51. The molecule has 1 saturated carbocycles. The summed E-state index contributed by atoms with van der Waals surface area (Å²) >= 11 is 0. The van der Waals surface area contributed by atoms with Gasteiger partial charge in [0.2, 0.25) is 5.91 Å². The second-order valence-corrected chi connectivity index (χ2v) is 7.58. The van der Waals surface area contributed by atoms with E-state index >= 15 is 0 Å². The molecule has 1 N–H and O–H groups in total. The number of benzene rings is 2. The molecule has 0 radical (unpaired) electrons. The van der Waals surface area contributed by atoms with Crippen molar-refractivity contribution in [2.24, 2.45) is 0 Å². The van der Waals surface area contributed by atoms with E-state index in [-0.39, 0.29) is 23.0 Å². The zero-order chi connectivity index (χ0) is 19.6. The number of hydrogen-bond acceptors (Lipinski definition) is 3. The molecule has 0 aromatic heterocycles. The van der Waals surface area contributed by atoms with Crippen LogP contribution in [0.3, 0.4) is 0 Å². The molecule has 2 aliphatic rings. The van der Waals surface area contributed by atoms with Crippen LogP contribution < -0.4 is 5.32 Å². The number of hydrogen-bond donors (Lipinski definition) is 1. The summed E-state index contributed by atoms with van der Waals surface area (Å²) in [7, 11) is 0. The van der Waals surface area contributed by atoms with Crippen molar-refractivity contribution >= 4 is 5.91 Å². The first-order valence-corrected chi connectivity index (χ1v) is 9.69. The number of nitrogens with one attached hydrogen (secondary N) is 1. The third kappa shape index (κ3) is 3.93. The lowest BCUT2D eigenvalue weighted by molar-refractivity contribution is -0.128. The summed E-state index contributed by atoms with van der Waals surface area (Å²) in [5.74, 6) is -0.857. The van der Waals surface area contributed by atoms with E-state index in [1.54, 1.807) is 30.3 Å². The van der Waals surface area contributed by atoms with Gasteiger partial charge in [-0.05, 0) is 36.6 Å². The number of halogens is 2. The highest BCUT2D eigenvalue weighted by molar-refractivity contribution is 5.83. The van der Waals surface area contributed by atoms with Crippen molar-refractivity contribution in [1.29, 1.82) is 0 Å². The van der Waals surface area contributed by atoms with Crippen molar-refractivity contribution in [3.8, 4) is 0 Å². The predicted molar refractivity (Wildman–Crippen MR) is 102 cm³/mol. The molecule has 0 bridgehead atoms. The number of nitrogens with zero attached hydrogens (tertiary/aromatic N) is 1. The Bertz CT molecular complexity index is 831. The van der Waals surface area contributed by atoms with Gasteiger partial charge >= 0.3 is 0 Å². The lowest BCUT2D eigenvalue weighted by Gasteiger charge is -2.34. The van der Waals surface area contributed by atoms with Crippen LogP contribution in [0.5, 0.6) is 0 Å². The Hall–Kier alpha value is -2.31. The fraction of sp³-hybridized carbons (Fsp3) is 0.409. The van der Waals surface area contributed by atoms with Gasteiger partial charge in [0.1, 0.15) is 17.7 Å². The van der Waals surface area contributed by atoms with Crippen molar-refractivity contribution in [2.45, 2.75) is 24.3 Å². The lowest BCUT2D eigenvalue weighted by Crippen LogP contribution is -2.47. The van der Waals surface area contributed by atoms with Gasteiger partial charge in [-0.3, -0.25) is 9.69 Å². The second-order valence-electron chi connectivity index (χ2n) is 7.58. The molecule has 4 rings (SSSR count). The molecular weight excluding hydrogens is 362 g/mol. The zero-order valence-corrected chi connectivity index (χ0v) is 15.7. The zero-order valence-electron chi connectivity index (χ0n) is 15.7. The molecule has 1 saturated heterocycles. The van der Waals surface area contributed by atoms with Crippen molar-refractivity contribution < 1.29 is 18.3 Å². The average molecular weight is 386 g/mol. The van der Waals surface area contributed by atoms with Crippen molar-refractivity contribution in [3.05, 3.63) is 71.3 Å². The quantitative estimate of drug-likeness (QED) is 0.829. The summed E-state index contributed by atoms with van der Waals surface area (Å²) in [5, 5.41) is 3.04. The van der Waals surface area contributed by atoms with Crippen LogP contribution in [0, 0.1) is 11.6 Å². The maximum Gasteiger partial charge on any atom is 0.242 e. The van der Waals surface area contributed by atoms with Crippen LogP contribution in [-0.2, 0) is 14.9 Å². The van der Waals surface area contributed by atoms with E-state index in [0.29, 0.717) is 38.4 Å². The molecule has 6 heteroatoms. The van der Waals surface area contributed by atoms with Crippen LogP contribution in [0.25, 0.3) is 0 Å². The summed E-state index contributed by atoms with van der Waals surface area (Å²) in [5.41, 5.74) is 1.27. The van der Waals surface area contributed by atoms with Gasteiger partial charge < -0.3 is 10.1 Å². The van der Waals surface area contributed by atoms with Crippen LogP contribution in [0.15, 0.2) is 48.5 Å². The second kappa shape index (κ2) is 7.97. The molecule has 2 fully saturated rings. The van der Waals surface area contributed by atoms with Gasteiger partial charge in [0.15, 0.2) is 0 Å². The molecule has 1 aliphatic heterocycles. The molecule has 1 amide bonds. The first-order valence-electron chi connectivity index (χ1n) is 9.69. The van der Waals surface area contributed by atoms with E-state index in [1.807, 2.05) is 4.90 Å². The van der Waals surface area contributed by atoms with Gasteiger partial charge in [-0.15, -0.1) is 0 Å². The van der Waals surface area contributed by atoms with Gasteiger partial charge in [0.05, 0.1) is 13.2 Å². The summed E-state index contributed by atoms with van der Waals surface area (Å²) in [6.45, 7) is 2.67. The molecule has 1 atom stereocenters. The topological polar surface area (TPSA) is 41.6 Å². The Kier molecular flexibility index (Phi) is 5.42. The van der Waals surface area contributed by atoms with Crippen LogP contribution in [0.4, 0.5) is 8.78 Å². The molecule has 148 valence electrons. The van der Waals surface area contributed by atoms with Gasteiger partial charge in [0.25, 0.3) is 0 Å². The van der Waals surface area contributed by atoms with Gasteiger partial charge in [-0.2, -0.15) is 0 Å². The Morgan fingerprint density at radius 2 is 1.75 bits per heavy atom. The van der Waals surface area contributed by atoms with Gasteiger partial charge in [-0.1, -0.05) is 30.3 Å². The molecule has 2 aromatic carbocycles. The fourth-order valence-electron chi connectivity index (χ4n) is 3.91. The van der Waals surface area contributed by atoms with Crippen LogP contribution >= 0.6 is 0 Å². The summed E-state index contributed by atoms with van der Waals surface area (Å²) in [4.78, 5) is 15.1. The SMILES string of the molecule is O=C(NCC1(c2ccc(F)cc2)CC1)[C@@H](c1ccccc1F)N1CCOCC1. The molecule has 0 unspecified atom stereocenters. The normalized spacial score (nSPS) is 19.8. The third-order valence-electron chi connectivity index (χ3n) is 5.77. The largest absolute Gasteiger partial charge is 0.379 e. The maximum absolute atomic E-state index is 14.5. The molecule has 4 nitrogen and oxygen atoms in total. The molecular formula is C22H24F2N2O2. The third-order valence-corrected chi connectivity index (χ3v) is 5.77. The number of rotatable bonds is 6. The fourth-order valence-corrected chi connectivity index (χ4v) is 3.91. The monoisotopic (exact) mass is 386 g/mol. The lowest BCUT2D eigenvalue weighted by atomic mass is 9.95. The van der Waals surface area contributed by atoms with E-state index in [0.717, 1.165) is 18.4 Å². The van der Waals surface area contributed by atoms with Crippen molar-refractivity contribution in [2.75, 3.05) is 32.8 Å². The molecule has 28 heavy (non-hydrogen) atoms. The molecule has 1 aliphatic carbocycles. The number of amides is 1. The minimum atomic E-state index is -0.686. The minimum absolute atomic E-state index is 0.145. The highest BCUT2D eigenvalue weighted by Gasteiger charge is 2.45. The first kappa shape index (κ1) is 19.0. The van der Waals surface area contributed by atoms with Crippen LogP contribution in [0.1, 0.15) is 30.0 Å². The van der Waals surface area contributed by atoms with Crippen molar-refractivity contribution in [3.63, 3.8) is 0 Å². The molecule has 2 aromatic rings. The number of carbonyl (C=O) groups excluding carboxylic acids is 1. The standard InChI is InChI=1S/C22H24F2N2O2/c23-17-7-5-16(6-8-17)22(9-10-22)15-25-21(27)20(26-11-13-28-14-12-26)18-3-1-2-4-19(18)24/h1-8,20H,9-15H2,(H,25,27)/t20-/m1/s1. The minimum Gasteiger partial charge on any atom is -0.379 e. The van der Waals surface area contributed by atoms with E-state index in [2.05, 4.69) is 5.32 Å².